The number of nitrogens with one attached hydrogen (secondary N) is 2. The summed E-state index contributed by atoms with van der Waals surface area (Å²) in [6, 6.07) is 13.4. The molecule has 6 heteroatoms. The highest BCUT2D eigenvalue weighted by Gasteiger charge is 2.16. The van der Waals surface area contributed by atoms with E-state index in [0.717, 1.165) is 31.2 Å². The van der Waals surface area contributed by atoms with Gasteiger partial charge in [0.05, 0.1) is 4.90 Å². The third-order valence-electron chi connectivity index (χ3n) is 4.51. The van der Waals surface area contributed by atoms with Gasteiger partial charge in [-0.05, 0) is 56.2 Å². The number of sulfonamides is 1. The molecule has 0 bridgehead atoms. The SMILES string of the molecule is CCCC[C@@H](CC)C(=O)Nc1ccc(NS(=O)(=O)c2ccc(C)cc2)cc1. The normalized spacial score (nSPS) is 12.4. The fourth-order valence-corrected chi connectivity index (χ4v) is 3.83. The van der Waals surface area contributed by atoms with Gasteiger partial charge in [0, 0.05) is 17.3 Å². The van der Waals surface area contributed by atoms with Crippen molar-refractivity contribution in [1.29, 1.82) is 0 Å². The summed E-state index contributed by atoms with van der Waals surface area (Å²) in [5, 5.41) is 2.91. The van der Waals surface area contributed by atoms with Gasteiger partial charge in [-0.1, -0.05) is 44.4 Å². The third kappa shape index (κ3) is 6.10. The van der Waals surface area contributed by atoms with E-state index in [9.17, 15) is 13.2 Å². The first kappa shape index (κ1) is 21.0. The number of unbranched alkanes of at least 4 members (excludes halogenated alkanes) is 1. The van der Waals surface area contributed by atoms with Crippen LogP contribution in [-0.2, 0) is 14.8 Å². The minimum absolute atomic E-state index is 0.00432. The van der Waals surface area contributed by atoms with Crippen LogP contribution in [0.25, 0.3) is 0 Å². The lowest BCUT2D eigenvalue weighted by atomic mass is 9.98. The maximum absolute atomic E-state index is 12.4. The monoisotopic (exact) mass is 388 g/mol. The van der Waals surface area contributed by atoms with Crippen LogP contribution in [-0.4, -0.2) is 14.3 Å². The average molecular weight is 389 g/mol. The molecule has 0 aliphatic rings. The molecule has 2 aromatic rings. The molecule has 0 saturated heterocycles. The zero-order chi connectivity index (χ0) is 19.9. The fraction of sp³-hybridized carbons (Fsp3) is 0.381. The Bertz CT molecular complexity index is 844. The Morgan fingerprint density at radius 2 is 1.56 bits per heavy atom. The molecular formula is C21H28N2O3S. The van der Waals surface area contributed by atoms with Crippen molar-refractivity contribution in [3.05, 3.63) is 54.1 Å². The quantitative estimate of drug-likeness (QED) is 0.638. The van der Waals surface area contributed by atoms with Crippen LogP contribution in [0.5, 0.6) is 0 Å². The summed E-state index contributed by atoms with van der Waals surface area (Å²) in [6.45, 7) is 6.03. The van der Waals surface area contributed by atoms with Gasteiger partial charge in [-0.3, -0.25) is 9.52 Å². The van der Waals surface area contributed by atoms with Gasteiger partial charge in [0.2, 0.25) is 5.91 Å². The maximum Gasteiger partial charge on any atom is 0.261 e. The summed E-state index contributed by atoms with van der Waals surface area (Å²) in [7, 11) is -3.63. The molecule has 0 radical (unpaired) electrons. The Morgan fingerprint density at radius 1 is 0.963 bits per heavy atom. The highest BCUT2D eigenvalue weighted by Crippen LogP contribution is 2.20. The smallest absolute Gasteiger partial charge is 0.261 e. The number of rotatable bonds is 9. The van der Waals surface area contributed by atoms with Crippen molar-refractivity contribution in [2.45, 2.75) is 51.3 Å². The Hall–Kier alpha value is -2.34. The molecule has 1 amide bonds. The van der Waals surface area contributed by atoms with Crippen LogP contribution in [0.15, 0.2) is 53.4 Å². The number of carbonyl (C=O) groups is 1. The van der Waals surface area contributed by atoms with Crippen molar-refractivity contribution in [2.75, 3.05) is 10.0 Å². The first-order chi connectivity index (χ1) is 12.9. The first-order valence-corrected chi connectivity index (χ1v) is 10.8. The molecular weight excluding hydrogens is 360 g/mol. The maximum atomic E-state index is 12.4. The van der Waals surface area contributed by atoms with E-state index in [4.69, 9.17) is 0 Å². The Labute approximate surface area is 162 Å². The molecule has 2 rings (SSSR count). The molecule has 0 spiro atoms. The van der Waals surface area contributed by atoms with Crippen LogP contribution in [0.2, 0.25) is 0 Å². The van der Waals surface area contributed by atoms with Crippen LogP contribution >= 0.6 is 0 Å². The van der Waals surface area contributed by atoms with Crippen molar-refractivity contribution >= 4 is 27.3 Å². The summed E-state index contributed by atoms with van der Waals surface area (Å²) < 4.78 is 27.4. The highest BCUT2D eigenvalue weighted by atomic mass is 32.2. The van der Waals surface area contributed by atoms with Gasteiger partial charge in [-0.2, -0.15) is 0 Å². The molecule has 0 aliphatic heterocycles. The van der Waals surface area contributed by atoms with Crippen molar-refractivity contribution in [3.8, 4) is 0 Å². The molecule has 146 valence electrons. The zero-order valence-corrected chi connectivity index (χ0v) is 17.0. The topological polar surface area (TPSA) is 75.3 Å². The van der Waals surface area contributed by atoms with Gasteiger partial charge in [-0.15, -0.1) is 0 Å². The number of hydrogen-bond donors (Lipinski definition) is 2. The standard InChI is InChI=1S/C21H28N2O3S/c1-4-6-7-17(5-2)21(24)22-18-10-12-19(13-11-18)23-27(25,26)20-14-8-16(3)9-15-20/h8-15,17,23H,4-7H2,1-3H3,(H,22,24)/t17-/m1/s1. The first-order valence-electron chi connectivity index (χ1n) is 9.36. The average Bonchev–Trinajstić information content (AvgIpc) is 2.64. The molecule has 0 aromatic heterocycles. The molecule has 0 heterocycles. The second kappa shape index (κ2) is 9.55. The Morgan fingerprint density at radius 3 is 2.11 bits per heavy atom. The van der Waals surface area contributed by atoms with Gasteiger partial charge in [0.1, 0.15) is 0 Å². The number of hydrogen-bond acceptors (Lipinski definition) is 3. The molecule has 0 unspecified atom stereocenters. The molecule has 1 atom stereocenters. The van der Waals surface area contributed by atoms with E-state index in [-0.39, 0.29) is 16.7 Å². The van der Waals surface area contributed by atoms with E-state index in [1.165, 1.54) is 0 Å². The summed E-state index contributed by atoms with van der Waals surface area (Å²) >= 11 is 0. The summed E-state index contributed by atoms with van der Waals surface area (Å²) in [5.41, 5.74) is 2.11. The molecule has 2 aromatic carbocycles. The molecule has 2 N–H and O–H groups in total. The minimum atomic E-state index is -3.63. The molecule has 0 saturated carbocycles. The lowest BCUT2D eigenvalue weighted by Gasteiger charge is -2.15. The fourth-order valence-electron chi connectivity index (χ4n) is 2.77. The molecule has 27 heavy (non-hydrogen) atoms. The van der Waals surface area contributed by atoms with Crippen molar-refractivity contribution in [2.24, 2.45) is 5.92 Å². The minimum Gasteiger partial charge on any atom is -0.326 e. The largest absolute Gasteiger partial charge is 0.326 e. The molecule has 5 nitrogen and oxygen atoms in total. The van der Waals surface area contributed by atoms with Crippen LogP contribution in [0.1, 0.15) is 45.1 Å². The van der Waals surface area contributed by atoms with Crippen molar-refractivity contribution in [3.63, 3.8) is 0 Å². The summed E-state index contributed by atoms with van der Waals surface area (Å²) in [6.07, 6.45) is 3.79. The second-order valence-electron chi connectivity index (χ2n) is 6.73. The number of amides is 1. The lowest BCUT2D eigenvalue weighted by molar-refractivity contribution is -0.120. The van der Waals surface area contributed by atoms with Crippen molar-refractivity contribution < 1.29 is 13.2 Å². The lowest BCUT2D eigenvalue weighted by Crippen LogP contribution is -2.22. The number of aryl methyl sites for hydroxylation is 1. The number of carbonyl (C=O) groups excluding carboxylic acids is 1. The van der Waals surface area contributed by atoms with Crippen LogP contribution in [0, 0.1) is 12.8 Å². The van der Waals surface area contributed by atoms with E-state index in [1.807, 2.05) is 13.8 Å². The van der Waals surface area contributed by atoms with Crippen LogP contribution < -0.4 is 10.0 Å². The number of anilines is 2. The van der Waals surface area contributed by atoms with Crippen molar-refractivity contribution in [1.82, 2.24) is 0 Å². The van der Waals surface area contributed by atoms with E-state index in [0.29, 0.717) is 11.4 Å². The van der Waals surface area contributed by atoms with Crippen LogP contribution in [0.4, 0.5) is 11.4 Å². The van der Waals surface area contributed by atoms with Gasteiger partial charge in [0.15, 0.2) is 0 Å². The van der Waals surface area contributed by atoms with Crippen LogP contribution in [0.3, 0.4) is 0 Å². The second-order valence-corrected chi connectivity index (χ2v) is 8.41. The zero-order valence-electron chi connectivity index (χ0n) is 16.2. The van der Waals surface area contributed by atoms with Gasteiger partial charge >= 0.3 is 0 Å². The molecule has 0 aliphatic carbocycles. The van der Waals surface area contributed by atoms with E-state index >= 15 is 0 Å². The predicted octanol–water partition coefficient (Wildman–Crippen LogP) is 4.95. The van der Waals surface area contributed by atoms with Gasteiger partial charge < -0.3 is 5.32 Å². The van der Waals surface area contributed by atoms with Gasteiger partial charge in [-0.25, -0.2) is 8.42 Å². The third-order valence-corrected chi connectivity index (χ3v) is 5.90. The van der Waals surface area contributed by atoms with Gasteiger partial charge in [0.25, 0.3) is 10.0 Å². The number of benzene rings is 2. The van der Waals surface area contributed by atoms with E-state index in [1.54, 1.807) is 48.5 Å². The predicted molar refractivity (Wildman–Crippen MR) is 110 cm³/mol. The summed E-state index contributed by atoms with van der Waals surface area (Å²) in [4.78, 5) is 12.6. The summed E-state index contributed by atoms with van der Waals surface area (Å²) in [5.74, 6) is 0.0172. The Kier molecular flexibility index (Phi) is 7.42. The highest BCUT2D eigenvalue weighted by molar-refractivity contribution is 7.92. The molecule has 0 fully saturated rings. The Balaban J connectivity index is 2.02. The van der Waals surface area contributed by atoms with E-state index < -0.39 is 10.0 Å². The van der Waals surface area contributed by atoms with E-state index in [2.05, 4.69) is 17.0 Å².